The molecule has 1 aliphatic carbocycles. The molecular weight excluding hydrogens is 251 g/mol. The summed E-state index contributed by atoms with van der Waals surface area (Å²) in [7, 11) is 0. The molecule has 0 saturated heterocycles. The molecule has 1 fully saturated rings. The quantitative estimate of drug-likeness (QED) is 0.693. The number of aromatic nitrogens is 2. The van der Waals surface area contributed by atoms with Gasteiger partial charge in [-0.3, -0.25) is 4.68 Å². The van der Waals surface area contributed by atoms with E-state index in [-0.39, 0.29) is 5.82 Å². The third-order valence-electron chi connectivity index (χ3n) is 3.90. The lowest BCUT2D eigenvalue weighted by Crippen LogP contribution is -2.02. The Morgan fingerprint density at radius 3 is 2.60 bits per heavy atom. The minimum absolute atomic E-state index is 0.183. The van der Waals surface area contributed by atoms with E-state index in [1.165, 1.54) is 18.9 Å². The summed E-state index contributed by atoms with van der Waals surface area (Å²) in [4.78, 5) is 0. The van der Waals surface area contributed by atoms with Crippen LogP contribution in [-0.4, -0.2) is 9.78 Å². The molecule has 0 unspecified atom stereocenters. The number of rotatable bonds is 3. The van der Waals surface area contributed by atoms with Crippen LogP contribution in [0.1, 0.15) is 12.8 Å². The predicted octanol–water partition coefficient (Wildman–Crippen LogP) is 4.25. The number of halogens is 1. The fraction of sp³-hybridized carbons (Fsp3) is 0.235. The van der Waals surface area contributed by atoms with Gasteiger partial charge in [0.25, 0.3) is 0 Å². The molecule has 4 rings (SSSR count). The van der Waals surface area contributed by atoms with Gasteiger partial charge in [-0.1, -0.05) is 42.5 Å². The molecule has 3 aromatic rings. The molecule has 1 aromatic heterocycles. The van der Waals surface area contributed by atoms with E-state index >= 15 is 0 Å². The standard InChI is InChI=1S/C17H15FN2/c18-15-8-4-7-14-16(13-5-2-1-3-6-13)19-20(17(14)15)11-12-9-10-12/h1-8,12H,9-11H2. The van der Waals surface area contributed by atoms with Crippen LogP contribution in [0.2, 0.25) is 0 Å². The first-order chi connectivity index (χ1) is 9.83. The Kier molecular flexibility index (Phi) is 2.59. The molecule has 3 heteroatoms. The highest BCUT2D eigenvalue weighted by atomic mass is 19.1. The summed E-state index contributed by atoms with van der Waals surface area (Å²) in [6.07, 6.45) is 2.47. The van der Waals surface area contributed by atoms with E-state index in [1.54, 1.807) is 6.07 Å². The van der Waals surface area contributed by atoms with Crippen molar-refractivity contribution in [3.63, 3.8) is 0 Å². The van der Waals surface area contributed by atoms with Crippen LogP contribution in [0.3, 0.4) is 0 Å². The first kappa shape index (κ1) is 11.6. The zero-order valence-corrected chi connectivity index (χ0v) is 11.1. The molecule has 0 radical (unpaired) electrons. The van der Waals surface area contributed by atoms with Gasteiger partial charge in [-0.15, -0.1) is 0 Å². The van der Waals surface area contributed by atoms with Crippen molar-refractivity contribution in [1.29, 1.82) is 0 Å². The number of hydrogen-bond acceptors (Lipinski definition) is 1. The maximum atomic E-state index is 14.2. The summed E-state index contributed by atoms with van der Waals surface area (Å²) in [5.41, 5.74) is 2.55. The molecule has 0 amide bonds. The van der Waals surface area contributed by atoms with Crippen LogP contribution in [0.4, 0.5) is 4.39 Å². The van der Waals surface area contributed by atoms with Gasteiger partial charge < -0.3 is 0 Å². The molecule has 2 nitrogen and oxygen atoms in total. The van der Waals surface area contributed by atoms with Gasteiger partial charge in [0.05, 0.1) is 0 Å². The van der Waals surface area contributed by atoms with E-state index in [4.69, 9.17) is 0 Å². The SMILES string of the molecule is Fc1cccc2c(-c3ccccc3)nn(CC3CC3)c12. The monoisotopic (exact) mass is 266 g/mol. The van der Waals surface area contributed by atoms with Crippen molar-refractivity contribution < 1.29 is 4.39 Å². The van der Waals surface area contributed by atoms with E-state index in [2.05, 4.69) is 5.10 Å². The minimum atomic E-state index is -0.183. The third kappa shape index (κ3) is 1.90. The average molecular weight is 266 g/mol. The molecule has 0 N–H and O–H groups in total. The number of para-hydroxylation sites is 1. The molecule has 100 valence electrons. The molecule has 20 heavy (non-hydrogen) atoms. The summed E-state index contributed by atoms with van der Waals surface area (Å²) < 4.78 is 16.0. The van der Waals surface area contributed by atoms with Crippen molar-refractivity contribution in [2.75, 3.05) is 0 Å². The lowest BCUT2D eigenvalue weighted by atomic mass is 10.1. The molecule has 0 aliphatic heterocycles. The normalized spacial score (nSPS) is 14.8. The molecule has 0 spiro atoms. The van der Waals surface area contributed by atoms with Crippen molar-refractivity contribution in [1.82, 2.24) is 9.78 Å². The summed E-state index contributed by atoms with van der Waals surface area (Å²) in [5.74, 6) is 0.485. The molecule has 0 bridgehead atoms. The Bertz CT molecular complexity index is 757. The Morgan fingerprint density at radius 1 is 1.05 bits per heavy atom. The summed E-state index contributed by atoms with van der Waals surface area (Å²) in [5, 5.41) is 5.58. The molecule has 1 heterocycles. The van der Waals surface area contributed by atoms with Crippen LogP contribution in [0, 0.1) is 11.7 Å². The maximum Gasteiger partial charge on any atom is 0.149 e. The lowest BCUT2D eigenvalue weighted by molar-refractivity contribution is 0.561. The van der Waals surface area contributed by atoms with Crippen LogP contribution in [-0.2, 0) is 6.54 Å². The third-order valence-corrected chi connectivity index (χ3v) is 3.90. The van der Waals surface area contributed by atoms with E-state index in [9.17, 15) is 4.39 Å². The van der Waals surface area contributed by atoms with Gasteiger partial charge in [-0.25, -0.2) is 4.39 Å². The second-order valence-electron chi connectivity index (χ2n) is 5.48. The van der Waals surface area contributed by atoms with Gasteiger partial charge >= 0.3 is 0 Å². The highest BCUT2D eigenvalue weighted by Gasteiger charge is 2.24. The summed E-state index contributed by atoms with van der Waals surface area (Å²) in [6, 6.07) is 15.2. The van der Waals surface area contributed by atoms with Crippen molar-refractivity contribution in [3.8, 4) is 11.3 Å². The van der Waals surface area contributed by atoms with Gasteiger partial charge in [0.2, 0.25) is 0 Å². The number of fused-ring (bicyclic) bond motifs is 1. The van der Waals surface area contributed by atoms with Crippen LogP contribution in [0.25, 0.3) is 22.2 Å². The fourth-order valence-electron chi connectivity index (χ4n) is 2.68. The maximum absolute atomic E-state index is 14.2. The van der Waals surface area contributed by atoms with Gasteiger partial charge in [0.1, 0.15) is 17.0 Å². The van der Waals surface area contributed by atoms with Crippen molar-refractivity contribution in [3.05, 3.63) is 54.3 Å². The van der Waals surface area contributed by atoms with Crippen molar-refractivity contribution >= 4 is 10.9 Å². The first-order valence-electron chi connectivity index (χ1n) is 7.03. The highest BCUT2D eigenvalue weighted by Crippen LogP contribution is 2.34. The van der Waals surface area contributed by atoms with E-state index in [0.29, 0.717) is 11.4 Å². The zero-order valence-electron chi connectivity index (χ0n) is 11.1. The summed E-state index contributed by atoms with van der Waals surface area (Å²) in [6.45, 7) is 0.824. The topological polar surface area (TPSA) is 17.8 Å². The van der Waals surface area contributed by atoms with E-state index in [1.807, 2.05) is 41.1 Å². The van der Waals surface area contributed by atoms with Gasteiger partial charge in [0, 0.05) is 17.5 Å². The van der Waals surface area contributed by atoms with Crippen LogP contribution < -0.4 is 0 Å². The number of hydrogen-bond donors (Lipinski definition) is 0. The first-order valence-corrected chi connectivity index (χ1v) is 7.03. The smallest absolute Gasteiger partial charge is 0.149 e. The second kappa shape index (κ2) is 4.44. The van der Waals surface area contributed by atoms with E-state index in [0.717, 1.165) is 23.2 Å². The molecule has 2 aromatic carbocycles. The second-order valence-corrected chi connectivity index (χ2v) is 5.48. The predicted molar refractivity (Wildman–Crippen MR) is 77.9 cm³/mol. The summed E-state index contributed by atoms with van der Waals surface area (Å²) >= 11 is 0. The Labute approximate surface area is 116 Å². The van der Waals surface area contributed by atoms with Crippen LogP contribution in [0.5, 0.6) is 0 Å². The van der Waals surface area contributed by atoms with Gasteiger partial charge in [-0.2, -0.15) is 5.10 Å². The Morgan fingerprint density at radius 2 is 1.85 bits per heavy atom. The van der Waals surface area contributed by atoms with Gasteiger partial charge in [0.15, 0.2) is 0 Å². The molecule has 0 atom stereocenters. The van der Waals surface area contributed by atoms with Gasteiger partial charge in [-0.05, 0) is 24.8 Å². The van der Waals surface area contributed by atoms with Crippen LogP contribution in [0.15, 0.2) is 48.5 Å². The molecule has 1 saturated carbocycles. The van der Waals surface area contributed by atoms with Crippen LogP contribution >= 0.6 is 0 Å². The molecule has 1 aliphatic rings. The van der Waals surface area contributed by atoms with Crippen molar-refractivity contribution in [2.24, 2.45) is 5.92 Å². The number of nitrogens with zero attached hydrogens (tertiary/aromatic N) is 2. The highest BCUT2D eigenvalue weighted by molar-refractivity contribution is 5.93. The Hall–Kier alpha value is -2.16. The Balaban J connectivity index is 1.94. The lowest BCUT2D eigenvalue weighted by Gasteiger charge is -2.01. The average Bonchev–Trinajstić information content (AvgIpc) is 3.21. The van der Waals surface area contributed by atoms with Crippen molar-refractivity contribution in [2.45, 2.75) is 19.4 Å². The van der Waals surface area contributed by atoms with E-state index < -0.39 is 0 Å². The molecular formula is C17H15FN2. The fourth-order valence-corrected chi connectivity index (χ4v) is 2.68. The largest absolute Gasteiger partial charge is 0.261 e. The number of benzene rings is 2. The zero-order chi connectivity index (χ0) is 13.5. The minimum Gasteiger partial charge on any atom is -0.261 e.